The Morgan fingerprint density at radius 1 is 1.41 bits per heavy atom. The zero-order valence-corrected chi connectivity index (χ0v) is 11.8. The molecule has 3 N–H and O–H groups in total. The second kappa shape index (κ2) is 7.48. The predicted molar refractivity (Wildman–Crippen MR) is 74.9 cm³/mol. The Kier molecular flexibility index (Phi) is 8.15. The number of anilines is 1. The van der Waals surface area contributed by atoms with Crippen LogP contribution in [0.15, 0.2) is 18.3 Å². The number of amides is 1. The quantitative estimate of drug-likeness (QED) is 0.891. The number of aryl methyl sites for hydroxylation is 1. The Morgan fingerprint density at radius 3 is 2.41 bits per heavy atom. The molecule has 1 amide bonds. The molecule has 6 heteroatoms. The van der Waals surface area contributed by atoms with Gasteiger partial charge in [-0.2, -0.15) is 0 Å². The third-order valence-electron chi connectivity index (χ3n) is 2.28. The highest BCUT2D eigenvalue weighted by Gasteiger charge is 2.25. The van der Waals surface area contributed by atoms with Crippen molar-refractivity contribution in [1.82, 2.24) is 4.98 Å². The molecule has 0 unspecified atom stereocenters. The molecule has 0 fully saturated rings. The van der Waals surface area contributed by atoms with Crippen LogP contribution in [0.3, 0.4) is 0 Å². The number of hydrogen-bond acceptors (Lipinski definition) is 3. The summed E-state index contributed by atoms with van der Waals surface area (Å²) in [6, 6.07) is 3.68. The van der Waals surface area contributed by atoms with Crippen molar-refractivity contribution in [2.24, 2.45) is 11.1 Å². The Labute approximate surface area is 114 Å². The van der Waals surface area contributed by atoms with E-state index in [1.807, 2.05) is 13.0 Å². The van der Waals surface area contributed by atoms with Gasteiger partial charge in [0.05, 0.1) is 5.41 Å². The zero-order chi connectivity index (χ0) is 11.5. The maximum absolute atomic E-state index is 11.7. The van der Waals surface area contributed by atoms with E-state index in [1.54, 1.807) is 26.1 Å². The van der Waals surface area contributed by atoms with Gasteiger partial charge in [-0.25, -0.2) is 4.98 Å². The molecule has 17 heavy (non-hydrogen) atoms. The van der Waals surface area contributed by atoms with Gasteiger partial charge in [-0.1, -0.05) is 6.07 Å². The van der Waals surface area contributed by atoms with E-state index in [9.17, 15) is 4.79 Å². The fraction of sp³-hybridized carbons (Fsp3) is 0.455. The van der Waals surface area contributed by atoms with Crippen LogP contribution in [0.2, 0.25) is 0 Å². The minimum Gasteiger partial charge on any atom is -0.329 e. The summed E-state index contributed by atoms with van der Waals surface area (Å²) < 4.78 is 0. The Bertz CT molecular complexity index is 352. The monoisotopic (exact) mass is 279 g/mol. The summed E-state index contributed by atoms with van der Waals surface area (Å²) in [4.78, 5) is 15.8. The smallest absolute Gasteiger partial charge is 0.232 e. The van der Waals surface area contributed by atoms with Crippen molar-refractivity contribution in [3.05, 3.63) is 23.9 Å². The van der Waals surface area contributed by atoms with Crippen molar-refractivity contribution < 1.29 is 4.79 Å². The van der Waals surface area contributed by atoms with Gasteiger partial charge < -0.3 is 11.1 Å². The van der Waals surface area contributed by atoms with Gasteiger partial charge in [0.2, 0.25) is 5.91 Å². The molecule has 0 saturated heterocycles. The second-order valence-electron chi connectivity index (χ2n) is 4.26. The molecule has 1 aromatic rings. The molecule has 0 aromatic carbocycles. The maximum Gasteiger partial charge on any atom is 0.232 e. The first-order chi connectivity index (χ1) is 6.95. The topological polar surface area (TPSA) is 68.0 Å². The van der Waals surface area contributed by atoms with E-state index in [0.717, 1.165) is 5.56 Å². The van der Waals surface area contributed by atoms with Crippen LogP contribution in [0.1, 0.15) is 19.4 Å². The van der Waals surface area contributed by atoms with E-state index in [2.05, 4.69) is 10.3 Å². The highest BCUT2D eigenvalue weighted by atomic mass is 35.5. The van der Waals surface area contributed by atoms with E-state index in [-0.39, 0.29) is 30.7 Å². The van der Waals surface area contributed by atoms with Crippen LogP contribution >= 0.6 is 24.8 Å². The molecule has 98 valence electrons. The number of nitrogens with two attached hydrogens (primary N) is 1. The molecule has 1 rings (SSSR count). The van der Waals surface area contributed by atoms with Gasteiger partial charge >= 0.3 is 0 Å². The number of aromatic nitrogens is 1. The molecular weight excluding hydrogens is 261 g/mol. The Morgan fingerprint density at radius 2 is 2.00 bits per heavy atom. The number of nitrogens with one attached hydrogen (secondary N) is 1. The molecule has 0 spiro atoms. The van der Waals surface area contributed by atoms with Crippen LogP contribution in [-0.2, 0) is 4.79 Å². The van der Waals surface area contributed by atoms with Crippen molar-refractivity contribution in [3.8, 4) is 0 Å². The van der Waals surface area contributed by atoms with Crippen LogP contribution in [-0.4, -0.2) is 17.4 Å². The highest BCUT2D eigenvalue weighted by Crippen LogP contribution is 2.15. The largest absolute Gasteiger partial charge is 0.329 e. The van der Waals surface area contributed by atoms with E-state index in [0.29, 0.717) is 12.4 Å². The fourth-order valence-corrected chi connectivity index (χ4v) is 0.920. The number of pyridine rings is 1. The van der Waals surface area contributed by atoms with E-state index in [1.165, 1.54) is 0 Å². The first-order valence-corrected chi connectivity index (χ1v) is 4.90. The van der Waals surface area contributed by atoms with Crippen molar-refractivity contribution in [2.45, 2.75) is 20.8 Å². The SMILES string of the molecule is Cc1ccc(NC(=O)C(C)(C)CN)nc1.Cl.Cl. The summed E-state index contributed by atoms with van der Waals surface area (Å²) in [6.45, 7) is 5.86. The number of carbonyl (C=O) groups excluding carboxylic acids is 1. The third kappa shape index (κ3) is 5.35. The van der Waals surface area contributed by atoms with E-state index in [4.69, 9.17) is 5.73 Å². The maximum atomic E-state index is 11.7. The van der Waals surface area contributed by atoms with E-state index >= 15 is 0 Å². The van der Waals surface area contributed by atoms with Crippen LogP contribution in [0, 0.1) is 12.3 Å². The normalized spacial score (nSPS) is 9.88. The average molecular weight is 280 g/mol. The number of carbonyl (C=O) groups is 1. The lowest BCUT2D eigenvalue weighted by molar-refractivity contribution is -0.123. The number of hydrogen-bond donors (Lipinski definition) is 2. The van der Waals surface area contributed by atoms with Gasteiger partial charge in [-0.15, -0.1) is 24.8 Å². The Hall–Kier alpha value is -0.840. The van der Waals surface area contributed by atoms with Crippen LogP contribution in [0.4, 0.5) is 5.82 Å². The summed E-state index contributed by atoms with van der Waals surface area (Å²) in [5.41, 5.74) is 6.00. The number of nitrogens with zero attached hydrogens (tertiary/aromatic N) is 1. The summed E-state index contributed by atoms with van der Waals surface area (Å²) in [5.74, 6) is 0.452. The lowest BCUT2D eigenvalue weighted by Crippen LogP contribution is -2.37. The van der Waals surface area contributed by atoms with Gasteiger partial charge in [0.15, 0.2) is 0 Å². The van der Waals surface area contributed by atoms with Crippen molar-refractivity contribution in [2.75, 3.05) is 11.9 Å². The molecule has 0 bridgehead atoms. The minimum absolute atomic E-state index is 0. The average Bonchev–Trinajstić information content (AvgIpc) is 2.21. The molecule has 0 aliphatic carbocycles. The highest BCUT2D eigenvalue weighted by molar-refractivity contribution is 5.94. The minimum atomic E-state index is -0.563. The van der Waals surface area contributed by atoms with Gasteiger partial charge in [0.1, 0.15) is 5.82 Å². The lowest BCUT2D eigenvalue weighted by Gasteiger charge is -2.20. The van der Waals surface area contributed by atoms with Crippen molar-refractivity contribution in [1.29, 1.82) is 0 Å². The standard InChI is InChI=1S/C11H17N3O.2ClH/c1-8-4-5-9(13-6-8)14-10(15)11(2,3)7-12;;/h4-6H,7,12H2,1-3H3,(H,13,14,15);2*1H. The van der Waals surface area contributed by atoms with Crippen molar-refractivity contribution in [3.63, 3.8) is 0 Å². The summed E-state index contributed by atoms with van der Waals surface area (Å²) in [7, 11) is 0. The third-order valence-corrected chi connectivity index (χ3v) is 2.28. The van der Waals surface area contributed by atoms with Crippen LogP contribution in [0.25, 0.3) is 0 Å². The second-order valence-corrected chi connectivity index (χ2v) is 4.26. The molecule has 1 aromatic heterocycles. The molecule has 0 aliphatic rings. The molecule has 0 atom stereocenters. The van der Waals surface area contributed by atoms with Gasteiger partial charge in [0.25, 0.3) is 0 Å². The molecule has 1 heterocycles. The van der Waals surface area contributed by atoms with Gasteiger partial charge in [-0.05, 0) is 32.4 Å². The van der Waals surface area contributed by atoms with Gasteiger partial charge in [0, 0.05) is 12.7 Å². The molecule has 4 nitrogen and oxygen atoms in total. The van der Waals surface area contributed by atoms with Crippen LogP contribution in [0.5, 0.6) is 0 Å². The summed E-state index contributed by atoms with van der Waals surface area (Å²) in [5, 5.41) is 2.73. The fourth-order valence-electron chi connectivity index (χ4n) is 0.920. The summed E-state index contributed by atoms with van der Waals surface area (Å²) >= 11 is 0. The van der Waals surface area contributed by atoms with Crippen molar-refractivity contribution >= 4 is 36.5 Å². The summed E-state index contributed by atoms with van der Waals surface area (Å²) in [6.07, 6.45) is 1.71. The first kappa shape index (κ1) is 18.5. The number of rotatable bonds is 3. The number of halogens is 2. The molecule has 0 radical (unpaired) electrons. The predicted octanol–water partition coefficient (Wildman–Crippen LogP) is 2.16. The Balaban J connectivity index is 0. The lowest BCUT2D eigenvalue weighted by atomic mass is 9.93. The van der Waals surface area contributed by atoms with Gasteiger partial charge in [-0.3, -0.25) is 4.79 Å². The molecule has 0 aliphatic heterocycles. The zero-order valence-electron chi connectivity index (χ0n) is 10.2. The molecular formula is C11H19Cl2N3O. The van der Waals surface area contributed by atoms with E-state index < -0.39 is 5.41 Å². The molecule has 0 saturated carbocycles. The van der Waals surface area contributed by atoms with Crippen LogP contribution < -0.4 is 11.1 Å². The first-order valence-electron chi connectivity index (χ1n) is 4.90.